The Morgan fingerprint density at radius 3 is 2.72 bits per heavy atom. The standard InChI is InChI=1S/C24H22N2O6/c1-3-30-22(28)20-21(25)32-18-12-13(17-9-6-10-31-17)11-16(27)19(18)24(20)14-7-4-5-8-15(14)26(2)23(24)29/h4-10,13H,3,11-12,25H2,1-2H3/t13-,24-/m1/s1. The van der Waals surface area contributed by atoms with E-state index in [-0.39, 0.29) is 47.5 Å². The summed E-state index contributed by atoms with van der Waals surface area (Å²) in [5.41, 5.74) is 5.67. The van der Waals surface area contributed by atoms with Crippen LogP contribution in [0.3, 0.4) is 0 Å². The van der Waals surface area contributed by atoms with E-state index < -0.39 is 17.3 Å². The normalized spacial score (nSPS) is 24.6. The maximum Gasteiger partial charge on any atom is 0.341 e. The number of rotatable bonds is 3. The molecule has 3 aliphatic rings. The number of para-hydroxylation sites is 1. The Hall–Kier alpha value is -3.81. The highest BCUT2D eigenvalue weighted by molar-refractivity contribution is 6.23. The lowest BCUT2D eigenvalue weighted by molar-refractivity contribution is -0.141. The second-order valence-electron chi connectivity index (χ2n) is 8.04. The van der Waals surface area contributed by atoms with E-state index in [1.807, 2.05) is 0 Å². The fraction of sp³-hybridized carbons (Fsp3) is 0.292. The number of nitrogens with two attached hydrogens (primary N) is 1. The van der Waals surface area contributed by atoms with Gasteiger partial charge in [0.25, 0.3) is 0 Å². The van der Waals surface area contributed by atoms with Crippen LogP contribution in [0.25, 0.3) is 0 Å². The van der Waals surface area contributed by atoms with E-state index >= 15 is 0 Å². The van der Waals surface area contributed by atoms with Gasteiger partial charge in [-0.3, -0.25) is 9.59 Å². The molecule has 1 aliphatic carbocycles. The van der Waals surface area contributed by atoms with Crippen LogP contribution in [0.2, 0.25) is 0 Å². The second kappa shape index (κ2) is 7.12. The van der Waals surface area contributed by atoms with Crippen molar-refractivity contribution in [2.24, 2.45) is 5.73 Å². The fourth-order valence-corrected chi connectivity index (χ4v) is 5.11. The molecule has 1 aromatic heterocycles. The topological polar surface area (TPSA) is 112 Å². The molecule has 32 heavy (non-hydrogen) atoms. The van der Waals surface area contributed by atoms with Crippen LogP contribution < -0.4 is 10.6 Å². The number of anilines is 1. The molecule has 8 heteroatoms. The number of benzene rings is 1. The van der Waals surface area contributed by atoms with Crippen LogP contribution in [0.5, 0.6) is 0 Å². The maximum absolute atomic E-state index is 13.9. The van der Waals surface area contributed by atoms with Gasteiger partial charge < -0.3 is 24.5 Å². The summed E-state index contributed by atoms with van der Waals surface area (Å²) >= 11 is 0. The average molecular weight is 434 g/mol. The molecule has 0 radical (unpaired) electrons. The Morgan fingerprint density at radius 1 is 1.22 bits per heavy atom. The van der Waals surface area contributed by atoms with Crippen LogP contribution in [-0.4, -0.2) is 31.3 Å². The van der Waals surface area contributed by atoms with Gasteiger partial charge in [0.15, 0.2) is 5.78 Å². The highest BCUT2D eigenvalue weighted by atomic mass is 16.5. The molecular formula is C24H22N2O6. The first kappa shape index (κ1) is 20.1. The SMILES string of the molecule is CCOC(=O)C1=C(N)OC2=C(C(=O)C[C@@H](c3ccco3)C2)[C@@]12C(=O)N(C)c1ccccc12. The summed E-state index contributed by atoms with van der Waals surface area (Å²) in [5.74, 6) is -1.06. The molecule has 164 valence electrons. The fourth-order valence-electron chi connectivity index (χ4n) is 5.11. The maximum atomic E-state index is 13.9. The third-order valence-corrected chi connectivity index (χ3v) is 6.37. The molecule has 8 nitrogen and oxygen atoms in total. The molecule has 2 N–H and O–H groups in total. The third kappa shape index (κ3) is 2.52. The number of Topliss-reactive ketones (excluding diaryl/α,β-unsaturated/α-hetero) is 1. The van der Waals surface area contributed by atoms with Crippen LogP contribution in [0.15, 0.2) is 69.9 Å². The van der Waals surface area contributed by atoms with E-state index in [4.69, 9.17) is 19.6 Å². The third-order valence-electron chi connectivity index (χ3n) is 6.37. The van der Waals surface area contributed by atoms with Crippen molar-refractivity contribution in [1.29, 1.82) is 0 Å². The molecule has 1 aromatic carbocycles. The van der Waals surface area contributed by atoms with E-state index in [9.17, 15) is 14.4 Å². The van der Waals surface area contributed by atoms with Gasteiger partial charge in [0.1, 0.15) is 22.5 Å². The number of likely N-dealkylation sites (N-methyl/N-ethyl adjacent to an activating group) is 1. The summed E-state index contributed by atoms with van der Waals surface area (Å²) in [4.78, 5) is 42.1. The number of furan rings is 1. The zero-order valence-corrected chi connectivity index (χ0v) is 17.7. The average Bonchev–Trinajstić information content (AvgIpc) is 3.37. The van der Waals surface area contributed by atoms with Gasteiger partial charge >= 0.3 is 5.97 Å². The Labute approximate surface area is 184 Å². The predicted molar refractivity (Wildman–Crippen MR) is 113 cm³/mol. The number of fused-ring (bicyclic) bond motifs is 3. The van der Waals surface area contributed by atoms with E-state index in [0.717, 1.165) is 0 Å². The lowest BCUT2D eigenvalue weighted by atomic mass is 9.63. The summed E-state index contributed by atoms with van der Waals surface area (Å²) in [7, 11) is 1.61. The number of carbonyl (C=O) groups is 3. The molecule has 2 atom stereocenters. The van der Waals surface area contributed by atoms with Gasteiger partial charge in [-0.2, -0.15) is 0 Å². The molecule has 1 spiro atoms. The number of amides is 1. The van der Waals surface area contributed by atoms with Gasteiger partial charge in [0, 0.05) is 37.1 Å². The van der Waals surface area contributed by atoms with Crippen LogP contribution in [0.1, 0.15) is 37.0 Å². The molecule has 0 unspecified atom stereocenters. The molecule has 2 aliphatic heterocycles. The summed E-state index contributed by atoms with van der Waals surface area (Å²) in [6, 6.07) is 10.6. The van der Waals surface area contributed by atoms with Crippen molar-refractivity contribution in [3.05, 3.63) is 76.8 Å². The summed E-state index contributed by atoms with van der Waals surface area (Å²) in [6.45, 7) is 1.74. The van der Waals surface area contributed by atoms with E-state index in [1.54, 1.807) is 56.6 Å². The first-order valence-corrected chi connectivity index (χ1v) is 10.4. The molecule has 3 heterocycles. The lowest BCUT2D eigenvalue weighted by Gasteiger charge is -2.40. The number of allylic oxidation sites excluding steroid dienone is 1. The van der Waals surface area contributed by atoms with Crippen molar-refractivity contribution < 1.29 is 28.3 Å². The zero-order valence-electron chi connectivity index (χ0n) is 17.7. The smallest absolute Gasteiger partial charge is 0.341 e. The quantitative estimate of drug-likeness (QED) is 0.739. The van der Waals surface area contributed by atoms with Crippen molar-refractivity contribution >= 4 is 23.3 Å². The summed E-state index contributed by atoms with van der Waals surface area (Å²) < 4.78 is 16.6. The Morgan fingerprint density at radius 2 is 2.00 bits per heavy atom. The molecular weight excluding hydrogens is 412 g/mol. The minimum atomic E-state index is -1.71. The highest BCUT2D eigenvalue weighted by Gasteiger charge is 2.63. The number of hydrogen-bond donors (Lipinski definition) is 1. The van der Waals surface area contributed by atoms with Crippen molar-refractivity contribution in [2.75, 3.05) is 18.6 Å². The van der Waals surface area contributed by atoms with E-state index in [0.29, 0.717) is 23.4 Å². The molecule has 0 saturated heterocycles. The molecule has 1 amide bonds. The first-order valence-electron chi connectivity index (χ1n) is 10.4. The molecule has 5 rings (SSSR count). The van der Waals surface area contributed by atoms with Gasteiger partial charge in [0.05, 0.1) is 18.4 Å². The second-order valence-corrected chi connectivity index (χ2v) is 8.04. The van der Waals surface area contributed by atoms with Gasteiger partial charge in [-0.25, -0.2) is 4.79 Å². The number of ether oxygens (including phenoxy) is 2. The first-order chi connectivity index (χ1) is 15.4. The number of ketones is 1. The van der Waals surface area contributed by atoms with Gasteiger partial charge in [0.2, 0.25) is 11.8 Å². The van der Waals surface area contributed by atoms with Gasteiger partial charge in [-0.15, -0.1) is 0 Å². The number of nitrogens with zero attached hydrogens (tertiary/aromatic N) is 1. The van der Waals surface area contributed by atoms with Crippen molar-refractivity contribution in [1.82, 2.24) is 0 Å². The van der Waals surface area contributed by atoms with E-state index in [2.05, 4.69) is 0 Å². The Bertz CT molecular complexity index is 1210. The number of carbonyl (C=O) groups excluding carboxylic acids is 3. The van der Waals surface area contributed by atoms with Crippen LogP contribution >= 0.6 is 0 Å². The van der Waals surface area contributed by atoms with Crippen molar-refractivity contribution in [3.8, 4) is 0 Å². The van der Waals surface area contributed by atoms with Gasteiger partial charge in [-0.05, 0) is 25.1 Å². The van der Waals surface area contributed by atoms with Crippen LogP contribution in [0.4, 0.5) is 5.69 Å². The minimum absolute atomic E-state index is 0.0811. The lowest BCUT2D eigenvalue weighted by Crippen LogP contribution is -2.51. The predicted octanol–water partition coefficient (Wildman–Crippen LogP) is 2.66. The molecule has 2 aromatic rings. The van der Waals surface area contributed by atoms with Crippen LogP contribution in [-0.2, 0) is 29.3 Å². The summed E-state index contributed by atoms with van der Waals surface area (Å²) in [5, 5.41) is 0. The monoisotopic (exact) mass is 434 g/mol. The molecule has 0 saturated carbocycles. The van der Waals surface area contributed by atoms with Crippen molar-refractivity contribution in [2.45, 2.75) is 31.1 Å². The largest absolute Gasteiger partial charge is 0.469 e. The Balaban J connectivity index is 1.78. The zero-order chi connectivity index (χ0) is 22.6. The van der Waals surface area contributed by atoms with Gasteiger partial charge in [-0.1, -0.05) is 18.2 Å². The van der Waals surface area contributed by atoms with E-state index in [1.165, 1.54) is 4.90 Å². The highest BCUT2D eigenvalue weighted by Crippen LogP contribution is 2.56. The molecule has 0 bridgehead atoms. The number of esters is 1. The summed E-state index contributed by atoms with van der Waals surface area (Å²) in [6.07, 6.45) is 1.98. The van der Waals surface area contributed by atoms with Crippen molar-refractivity contribution in [3.63, 3.8) is 0 Å². The Kier molecular flexibility index (Phi) is 4.47. The molecule has 0 fully saturated rings. The number of hydrogen-bond acceptors (Lipinski definition) is 7. The minimum Gasteiger partial charge on any atom is -0.469 e. The van der Waals surface area contributed by atoms with Crippen LogP contribution in [0, 0.1) is 0 Å².